The Morgan fingerprint density at radius 1 is 0.917 bits per heavy atom. The summed E-state index contributed by atoms with van der Waals surface area (Å²) in [4.78, 5) is 0. The van der Waals surface area contributed by atoms with E-state index in [-0.39, 0.29) is 0 Å². The maximum Gasteiger partial charge on any atom is 0.00750 e. The summed E-state index contributed by atoms with van der Waals surface area (Å²) >= 11 is 0. The zero-order valence-corrected chi connectivity index (χ0v) is 9.98. The quantitative estimate of drug-likeness (QED) is 0.428. The zero-order valence-electron chi connectivity index (χ0n) is 8.98. The first kappa shape index (κ1) is 14.8. The second-order valence-electron chi connectivity index (χ2n) is 4.33. The van der Waals surface area contributed by atoms with E-state index in [9.17, 15) is 0 Å². The van der Waals surface area contributed by atoms with Gasteiger partial charge in [0.25, 0.3) is 0 Å². The Kier molecular flexibility index (Phi) is 11.6. The summed E-state index contributed by atoms with van der Waals surface area (Å²) in [5.41, 5.74) is 10.3. The van der Waals surface area contributed by atoms with Crippen LogP contribution in [0.3, 0.4) is 0 Å². The molecule has 0 bridgehead atoms. The van der Waals surface area contributed by atoms with Gasteiger partial charge in [0.2, 0.25) is 0 Å². The average molecular weight is 195 g/mol. The van der Waals surface area contributed by atoms with E-state index < -0.39 is 7.26 Å². The van der Waals surface area contributed by atoms with Crippen LogP contribution in [0.15, 0.2) is 0 Å². The number of nitrogens with one attached hydrogen (secondary N) is 1. The summed E-state index contributed by atoms with van der Waals surface area (Å²) in [5, 5.41) is 3.03. The molecule has 0 aliphatic carbocycles. The normalized spacial score (nSPS) is 11.8. The Balaban J connectivity index is 0. The molecule has 3 nitrogen and oxygen atoms in total. The molecule has 0 aromatic carbocycles. The van der Waals surface area contributed by atoms with Crippen molar-refractivity contribution < 1.29 is 0 Å². The molecule has 12 heavy (non-hydrogen) atoms. The van der Waals surface area contributed by atoms with Crippen LogP contribution < -0.4 is 16.8 Å². The summed E-state index contributed by atoms with van der Waals surface area (Å²) < 4.78 is 0. The van der Waals surface area contributed by atoms with Crippen molar-refractivity contribution in [2.24, 2.45) is 11.5 Å². The fourth-order valence-corrected chi connectivity index (χ4v) is 0.329. The first-order valence-electron chi connectivity index (χ1n) is 4.52. The number of rotatable bonds is 4. The Morgan fingerprint density at radius 2 is 1.17 bits per heavy atom. The van der Waals surface area contributed by atoms with Crippen molar-refractivity contribution in [2.75, 3.05) is 52.8 Å². The van der Waals surface area contributed by atoms with Crippen LogP contribution in [0.25, 0.3) is 0 Å². The van der Waals surface area contributed by atoms with Gasteiger partial charge in [0, 0.05) is 26.2 Å². The fourth-order valence-electron chi connectivity index (χ4n) is 0.329. The summed E-state index contributed by atoms with van der Waals surface area (Å²) in [6.45, 7) is 12.4. The smallest absolute Gasteiger partial charge is 0.00750 e. The first-order valence-corrected chi connectivity index (χ1v) is 8.52. The molecule has 78 valence electrons. The van der Waals surface area contributed by atoms with Gasteiger partial charge in [0.15, 0.2) is 0 Å². The maximum absolute atomic E-state index is 5.17. The van der Waals surface area contributed by atoms with E-state index in [1.54, 1.807) is 0 Å². The SMILES string of the molecule is C[PH](C)(C)C.NCCNCCN. The monoisotopic (exact) mass is 195 g/mol. The van der Waals surface area contributed by atoms with E-state index in [4.69, 9.17) is 11.5 Å². The predicted octanol–water partition coefficient (Wildman–Crippen LogP) is -0.251. The van der Waals surface area contributed by atoms with E-state index >= 15 is 0 Å². The first-order chi connectivity index (χ1) is 5.41. The van der Waals surface area contributed by atoms with Crippen molar-refractivity contribution in [3.63, 3.8) is 0 Å². The van der Waals surface area contributed by atoms with Gasteiger partial charge < -0.3 is 16.8 Å². The van der Waals surface area contributed by atoms with Gasteiger partial charge >= 0.3 is 33.9 Å². The minimum atomic E-state index is -0.611. The fraction of sp³-hybridized carbons (Fsp3) is 1.00. The van der Waals surface area contributed by atoms with Crippen molar-refractivity contribution in [3.8, 4) is 0 Å². The molecule has 0 fully saturated rings. The molecule has 0 radical (unpaired) electrons. The van der Waals surface area contributed by atoms with Crippen LogP contribution in [0.2, 0.25) is 0 Å². The average Bonchev–Trinajstić information content (AvgIpc) is 1.85. The van der Waals surface area contributed by atoms with Gasteiger partial charge in [-0.3, -0.25) is 0 Å². The van der Waals surface area contributed by atoms with Crippen molar-refractivity contribution >= 4 is 7.26 Å². The minimum absolute atomic E-state index is 0.611. The molecule has 0 aliphatic rings. The Labute approximate surface area is 77.6 Å². The van der Waals surface area contributed by atoms with Crippen molar-refractivity contribution in [1.82, 2.24) is 5.32 Å². The van der Waals surface area contributed by atoms with Crippen LogP contribution >= 0.6 is 7.26 Å². The van der Waals surface area contributed by atoms with Crippen molar-refractivity contribution in [2.45, 2.75) is 0 Å². The third-order valence-electron chi connectivity index (χ3n) is 0.642. The van der Waals surface area contributed by atoms with Gasteiger partial charge in [0.1, 0.15) is 0 Å². The number of hydrogen-bond donors (Lipinski definition) is 3. The molecule has 0 aromatic rings. The standard InChI is InChI=1S/C4H13N3.C4H13P/c5-1-3-7-4-2-6;1-5(2,3)4/h7H,1-6H2;5H,1-4H3. The second-order valence-corrected chi connectivity index (χ2v) is 10.3. The predicted molar refractivity (Wildman–Crippen MR) is 63.0 cm³/mol. The minimum Gasteiger partial charge on any atom is -0.329 e. The van der Waals surface area contributed by atoms with Crippen molar-refractivity contribution in [3.05, 3.63) is 0 Å². The zero-order chi connectivity index (χ0) is 10.0. The van der Waals surface area contributed by atoms with Crippen LogP contribution in [-0.2, 0) is 0 Å². The topological polar surface area (TPSA) is 64.1 Å². The molecule has 5 N–H and O–H groups in total. The van der Waals surface area contributed by atoms with Crippen LogP contribution in [0.5, 0.6) is 0 Å². The van der Waals surface area contributed by atoms with Crippen LogP contribution in [-0.4, -0.2) is 52.8 Å². The van der Waals surface area contributed by atoms with Crippen molar-refractivity contribution in [1.29, 1.82) is 0 Å². The van der Waals surface area contributed by atoms with E-state index in [2.05, 4.69) is 32.0 Å². The van der Waals surface area contributed by atoms with E-state index in [1.165, 1.54) is 0 Å². The van der Waals surface area contributed by atoms with Gasteiger partial charge in [-0.05, 0) is 0 Å². The molecule has 0 saturated carbocycles. The molecule has 0 saturated heterocycles. The van der Waals surface area contributed by atoms with Gasteiger partial charge in [-0.15, -0.1) is 0 Å². The molecule has 0 unspecified atom stereocenters. The van der Waals surface area contributed by atoms with E-state index in [1.807, 2.05) is 0 Å². The molecule has 0 spiro atoms. The molecular weight excluding hydrogens is 169 g/mol. The van der Waals surface area contributed by atoms with Gasteiger partial charge in [-0.1, -0.05) is 0 Å². The molecule has 0 aromatic heterocycles. The third-order valence-corrected chi connectivity index (χ3v) is 0.642. The molecule has 0 atom stereocenters. The third kappa shape index (κ3) is 48.1. The Morgan fingerprint density at radius 3 is 1.33 bits per heavy atom. The summed E-state index contributed by atoms with van der Waals surface area (Å²) in [7, 11) is -0.611. The van der Waals surface area contributed by atoms with E-state index in [0.29, 0.717) is 13.1 Å². The number of nitrogens with two attached hydrogens (primary N) is 2. The Hall–Kier alpha value is 0.310. The molecule has 0 rings (SSSR count). The van der Waals surface area contributed by atoms with E-state index in [0.717, 1.165) is 13.1 Å². The largest absolute Gasteiger partial charge is 0.329 e. The van der Waals surface area contributed by atoms with Gasteiger partial charge in [-0.25, -0.2) is 0 Å². The molecular formula is C8H26N3P. The second kappa shape index (κ2) is 9.40. The summed E-state index contributed by atoms with van der Waals surface area (Å²) in [6.07, 6.45) is 0. The Bertz CT molecular complexity index is 70.9. The maximum atomic E-state index is 5.17. The van der Waals surface area contributed by atoms with Gasteiger partial charge in [0.05, 0.1) is 0 Å². The summed E-state index contributed by atoms with van der Waals surface area (Å²) in [5.74, 6) is 0. The van der Waals surface area contributed by atoms with Crippen LogP contribution in [0.4, 0.5) is 0 Å². The molecule has 0 aliphatic heterocycles. The summed E-state index contributed by atoms with van der Waals surface area (Å²) in [6, 6.07) is 0. The van der Waals surface area contributed by atoms with Crippen LogP contribution in [0, 0.1) is 0 Å². The molecule has 0 heterocycles. The number of hydrogen-bond acceptors (Lipinski definition) is 3. The molecule has 0 amide bonds. The van der Waals surface area contributed by atoms with Gasteiger partial charge in [-0.2, -0.15) is 0 Å². The molecule has 4 heteroatoms. The van der Waals surface area contributed by atoms with Crippen LogP contribution in [0.1, 0.15) is 0 Å².